The molecule has 3 heterocycles. The van der Waals surface area contributed by atoms with E-state index in [1.54, 1.807) is 32.1 Å². The highest BCUT2D eigenvalue weighted by molar-refractivity contribution is 7.91. The van der Waals surface area contributed by atoms with E-state index < -0.39 is 86.4 Å². The van der Waals surface area contributed by atoms with Gasteiger partial charge >= 0.3 is 12.3 Å². The number of allylic oxidation sites excluding steroid dienone is 1. The second-order valence-corrected chi connectivity index (χ2v) is 18.8. The summed E-state index contributed by atoms with van der Waals surface area (Å²) in [5.41, 5.74) is 3.07. The van der Waals surface area contributed by atoms with Crippen molar-refractivity contribution in [3.63, 3.8) is 0 Å². The number of pyridine rings is 1. The lowest BCUT2D eigenvalue weighted by atomic mass is 9.88. The number of hydrazine groups is 1. The van der Waals surface area contributed by atoms with Gasteiger partial charge in [0.05, 0.1) is 24.1 Å². The number of fused-ring (bicyclic) bond motifs is 3. The molecule has 2 aliphatic carbocycles. The molecule has 2 aromatic rings. The maximum absolute atomic E-state index is 14.7. The van der Waals surface area contributed by atoms with Crippen molar-refractivity contribution in [3.8, 4) is 11.6 Å². The number of amides is 4. The summed E-state index contributed by atoms with van der Waals surface area (Å²) in [6.07, 6.45) is -1.09. The third-order valence-corrected chi connectivity index (χ3v) is 13.9. The minimum Gasteiger partial charge on any atom is -0.491 e. The van der Waals surface area contributed by atoms with E-state index >= 15 is 0 Å². The van der Waals surface area contributed by atoms with E-state index in [1.807, 2.05) is 32.1 Å². The molecule has 0 bridgehead atoms. The summed E-state index contributed by atoms with van der Waals surface area (Å²) in [6.45, 7) is 8.21. The molecule has 3 fully saturated rings. The molecule has 2 aliphatic heterocycles. The van der Waals surface area contributed by atoms with Crippen molar-refractivity contribution in [1.29, 1.82) is 0 Å². The van der Waals surface area contributed by atoms with Gasteiger partial charge in [0.15, 0.2) is 6.10 Å². The van der Waals surface area contributed by atoms with Gasteiger partial charge in [0.2, 0.25) is 27.7 Å². The van der Waals surface area contributed by atoms with Gasteiger partial charge in [0.25, 0.3) is 5.91 Å². The van der Waals surface area contributed by atoms with Gasteiger partial charge in [-0.15, -0.1) is 0 Å². The Labute approximate surface area is 341 Å². The summed E-state index contributed by atoms with van der Waals surface area (Å²) in [7, 11) is -4.07. The van der Waals surface area contributed by atoms with E-state index in [9.17, 15) is 40.8 Å². The second kappa shape index (κ2) is 17.1. The fraction of sp³-hybridized carbons (Fsp3) is 0.625. The number of alkyl halides is 3. The van der Waals surface area contributed by atoms with Crippen LogP contribution in [0.2, 0.25) is 0 Å². The van der Waals surface area contributed by atoms with E-state index in [4.69, 9.17) is 9.47 Å². The van der Waals surface area contributed by atoms with Crippen molar-refractivity contribution in [2.24, 2.45) is 17.8 Å². The Morgan fingerprint density at radius 2 is 1.83 bits per heavy atom. The first-order valence-electron chi connectivity index (χ1n) is 20.1. The smallest absolute Gasteiger partial charge is 0.425 e. The molecular weight excluding hydrogens is 798 g/mol. The van der Waals surface area contributed by atoms with Gasteiger partial charge in [-0.05, 0) is 76.7 Å². The fourth-order valence-corrected chi connectivity index (χ4v) is 9.02. The Bertz CT molecular complexity index is 2070. The van der Waals surface area contributed by atoms with Gasteiger partial charge in [-0.1, -0.05) is 51.1 Å². The number of aromatic nitrogens is 1. The third kappa shape index (κ3) is 9.71. The van der Waals surface area contributed by atoms with Crippen LogP contribution >= 0.6 is 0 Å². The average Bonchev–Trinajstić information content (AvgIpc) is 4.05. The molecule has 0 spiro atoms. The Balaban J connectivity index is 1.33. The number of carbonyl (C=O) groups excluding carboxylic acids is 4. The summed E-state index contributed by atoms with van der Waals surface area (Å²) in [6, 6.07) is 4.77. The highest BCUT2D eigenvalue weighted by Gasteiger charge is 2.63. The molecule has 8 unspecified atom stereocenters. The molecule has 4 amide bonds. The molecule has 19 heteroatoms. The van der Waals surface area contributed by atoms with Crippen molar-refractivity contribution in [1.82, 2.24) is 30.8 Å². The molecule has 2 saturated carbocycles. The predicted molar refractivity (Wildman–Crippen MR) is 209 cm³/mol. The molecule has 6 rings (SSSR count). The predicted octanol–water partition coefficient (Wildman–Crippen LogP) is 4.81. The highest BCUT2D eigenvalue weighted by atomic mass is 32.2. The minimum absolute atomic E-state index is 0.0135. The molecule has 1 aromatic heterocycles. The van der Waals surface area contributed by atoms with E-state index in [0.29, 0.717) is 56.8 Å². The van der Waals surface area contributed by atoms with Gasteiger partial charge in [0, 0.05) is 23.1 Å². The molecule has 8 atom stereocenters. The van der Waals surface area contributed by atoms with E-state index in [2.05, 4.69) is 30.6 Å². The number of benzene rings is 1. The standard InChI is InChI=1S/C40H53F3N6O9S/c1-6-17-56-31-21-44-34(29-14-10-9-13-28(29)31)58-27-19-30-33(50)45-39(36(52)48-59(54,55)38(5)15-16-38)20-26(39)12-8-7-11-23(2)18-24(3)32(35(51)49(30)22-27)46-47-37(53)57-25(4)40(41,42)43/h8-10,12-14,21,23-27,30,32,46H,6-7,11,15-20,22H2,1-5H3,(H,45,50)(H,47,53)(H,48,52). The number of sulfonamides is 1. The normalized spacial score (nSPS) is 28.8. The van der Waals surface area contributed by atoms with Gasteiger partial charge in [-0.2, -0.15) is 13.2 Å². The Hall–Kier alpha value is -4.65. The van der Waals surface area contributed by atoms with Crippen molar-refractivity contribution in [3.05, 3.63) is 42.6 Å². The molecule has 0 radical (unpaired) electrons. The Morgan fingerprint density at radius 1 is 1.12 bits per heavy atom. The van der Waals surface area contributed by atoms with Crippen LogP contribution in [0.5, 0.6) is 11.6 Å². The number of carbonyl (C=O) groups is 4. The monoisotopic (exact) mass is 850 g/mol. The van der Waals surface area contributed by atoms with E-state index in [1.165, 1.54) is 11.1 Å². The number of hydrogen-bond donors (Lipinski definition) is 4. The first kappa shape index (κ1) is 43.9. The van der Waals surface area contributed by atoms with E-state index in [0.717, 1.165) is 11.8 Å². The van der Waals surface area contributed by atoms with Gasteiger partial charge in [-0.25, -0.2) is 23.6 Å². The van der Waals surface area contributed by atoms with Crippen molar-refractivity contribution in [2.45, 2.75) is 127 Å². The van der Waals surface area contributed by atoms with Crippen LogP contribution in [0.25, 0.3) is 10.8 Å². The topological polar surface area (TPSA) is 194 Å². The number of nitrogens with zero attached hydrogens (tertiary/aromatic N) is 2. The highest BCUT2D eigenvalue weighted by Crippen LogP contribution is 2.47. The van der Waals surface area contributed by atoms with Gasteiger partial charge < -0.3 is 24.4 Å². The zero-order chi connectivity index (χ0) is 42.9. The van der Waals surface area contributed by atoms with Crippen LogP contribution in [0, 0.1) is 17.8 Å². The number of ether oxygens (including phenoxy) is 3. The minimum atomic E-state index is -4.82. The van der Waals surface area contributed by atoms with Crippen LogP contribution in [-0.4, -0.2) is 96.0 Å². The summed E-state index contributed by atoms with van der Waals surface area (Å²) < 4.78 is 83.9. The zero-order valence-corrected chi connectivity index (χ0v) is 34.6. The lowest BCUT2D eigenvalue weighted by Gasteiger charge is -2.33. The largest absolute Gasteiger partial charge is 0.491 e. The van der Waals surface area contributed by atoms with Crippen molar-refractivity contribution < 1.29 is 55.0 Å². The first-order chi connectivity index (χ1) is 27.8. The molecule has 4 N–H and O–H groups in total. The lowest BCUT2D eigenvalue weighted by Crippen LogP contribution is -2.60. The summed E-state index contributed by atoms with van der Waals surface area (Å²) in [5, 5.41) is 4.17. The van der Waals surface area contributed by atoms with Crippen LogP contribution in [-0.2, 0) is 29.1 Å². The second-order valence-electron chi connectivity index (χ2n) is 16.6. The first-order valence-corrected chi connectivity index (χ1v) is 21.6. The maximum atomic E-state index is 14.7. The maximum Gasteiger partial charge on any atom is 0.425 e. The van der Waals surface area contributed by atoms with E-state index in [-0.39, 0.29) is 31.2 Å². The molecule has 1 aromatic carbocycles. The molecule has 59 heavy (non-hydrogen) atoms. The van der Waals surface area contributed by atoms with Crippen LogP contribution in [0.1, 0.15) is 86.0 Å². The molecule has 4 aliphatic rings. The fourth-order valence-electron chi connectivity index (χ4n) is 7.71. The average molecular weight is 851 g/mol. The van der Waals surface area contributed by atoms with Crippen LogP contribution in [0.15, 0.2) is 42.6 Å². The van der Waals surface area contributed by atoms with Crippen molar-refractivity contribution >= 4 is 44.6 Å². The number of halogens is 3. The van der Waals surface area contributed by atoms with Crippen LogP contribution in [0.3, 0.4) is 0 Å². The quantitative estimate of drug-likeness (QED) is 0.179. The number of nitrogens with one attached hydrogen (secondary N) is 4. The number of hydrogen-bond acceptors (Lipinski definition) is 11. The third-order valence-electron chi connectivity index (χ3n) is 11.8. The van der Waals surface area contributed by atoms with Crippen LogP contribution in [0.4, 0.5) is 18.0 Å². The Kier molecular flexibility index (Phi) is 12.8. The van der Waals surface area contributed by atoms with Gasteiger partial charge in [-0.3, -0.25) is 24.5 Å². The van der Waals surface area contributed by atoms with Crippen LogP contribution < -0.4 is 30.4 Å². The number of rotatable bonds is 11. The zero-order valence-electron chi connectivity index (χ0n) is 33.8. The van der Waals surface area contributed by atoms with Crippen molar-refractivity contribution in [2.75, 3.05) is 13.2 Å². The molecule has 15 nitrogen and oxygen atoms in total. The summed E-state index contributed by atoms with van der Waals surface area (Å²) >= 11 is 0. The SMILES string of the molecule is CCCOc1cnc(OC2CC3C(=O)NC4(C(=O)NS(=O)(=O)C5(C)CC5)CC4C=CCCC(C)CC(C)C(NNC(=O)OC(C)C(F)(F)F)C(=O)N3C2)c2ccccc12. The molecular formula is C40H53F3N6O9S. The molecule has 1 saturated heterocycles. The molecule has 324 valence electrons. The summed E-state index contributed by atoms with van der Waals surface area (Å²) in [5.74, 6) is -2.58. The Morgan fingerprint density at radius 3 is 2.51 bits per heavy atom. The van der Waals surface area contributed by atoms with Gasteiger partial charge in [0.1, 0.15) is 29.5 Å². The lowest BCUT2D eigenvalue weighted by molar-refractivity contribution is -0.197. The summed E-state index contributed by atoms with van der Waals surface area (Å²) in [4.78, 5) is 61.5.